The van der Waals surface area contributed by atoms with E-state index in [1.54, 1.807) is 24.3 Å². The molecule has 1 heterocycles. The lowest BCUT2D eigenvalue weighted by Crippen LogP contribution is -2.31. The lowest BCUT2D eigenvalue weighted by atomic mass is 10.1. The lowest BCUT2D eigenvalue weighted by molar-refractivity contribution is -0.113. The molecule has 1 atom stereocenters. The molecule has 1 aromatic rings. The molecule has 21 heavy (non-hydrogen) atoms. The van der Waals surface area contributed by atoms with Crippen LogP contribution < -0.4 is 0 Å². The normalized spacial score (nSPS) is 16.8. The minimum absolute atomic E-state index is 0.0157. The number of carbonyl (C=O) groups is 3. The first kappa shape index (κ1) is 15.6. The molecule has 1 unspecified atom stereocenters. The van der Waals surface area contributed by atoms with Gasteiger partial charge in [0.2, 0.25) is 5.52 Å². The third-order valence-electron chi connectivity index (χ3n) is 3.21. The van der Waals surface area contributed by atoms with Crippen molar-refractivity contribution in [2.24, 2.45) is 0 Å². The van der Waals surface area contributed by atoms with Crippen molar-refractivity contribution >= 4 is 24.9 Å². The van der Waals surface area contributed by atoms with Crippen LogP contribution in [0.5, 0.6) is 0 Å². The van der Waals surface area contributed by atoms with E-state index >= 15 is 0 Å². The second kappa shape index (κ2) is 5.89. The second-order valence-electron chi connectivity index (χ2n) is 4.51. The van der Waals surface area contributed by atoms with Gasteiger partial charge in [-0.25, -0.2) is 0 Å². The quantitative estimate of drug-likeness (QED) is 0.630. The molecule has 1 aromatic carbocycles. The van der Waals surface area contributed by atoms with E-state index in [9.17, 15) is 18.9 Å². The van der Waals surface area contributed by atoms with Crippen LogP contribution in [0, 0.1) is 0 Å². The molecular weight excluding hydrogens is 297 g/mol. The van der Waals surface area contributed by atoms with Crippen LogP contribution in [0.25, 0.3) is 0 Å². The topological polar surface area (TPSA) is 101 Å². The molecule has 1 N–H and O–H groups in total. The van der Waals surface area contributed by atoms with Crippen molar-refractivity contribution in [2.75, 3.05) is 13.7 Å². The zero-order chi connectivity index (χ0) is 15.6. The Morgan fingerprint density at radius 1 is 1.24 bits per heavy atom. The number of fused-ring (bicyclic) bond motifs is 1. The van der Waals surface area contributed by atoms with Gasteiger partial charge < -0.3 is 9.42 Å². The Morgan fingerprint density at radius 3 is 2.24 bits per heavy atom. The molecule has 0 bridgehead atoms. The molecule has 0 aromatic heterocycles. The van der Waals surface area contributed by atoms with E-state index in [0.29, 0.717) is 11.1 Å². The van der Waals surface area contributed by atoms with Crippen LogP contribution in [0.15, 0.2) is 24.3 Å². The number of rotatable bonds is 6. The molecule has 7 nitrogen and oxygen atoms in total. The molecule has 0 spiro atoms. The number of nitrogens with zero attached hydrogens (tertiary/aromatic N) is 1. The third kappa shape index (κ3) is 2.95. The van der Waals surface area contributed by atoms with Crippen LogP contribution in [0.1, 0.15) is 33.6 Å². The highest BCUT2D eigenvalue weighted by molar-refractivity contribution is 7.70. The molecule has 0 radical (unpaired) electrons. The molecule has 2 amide bonds. The average molecular weight is 311 g/mol. The molecule has 1 aliphatic heterocycles. The zero-order valence-corrected chi connectivity index (χ0v) is 12.2. The van der Waals surface area contributed by atoms with E-state index < -0.39 is 24.9 Å². The first-order chi connectivity index (χ1) is 9.88. The Kier molecular flexibility index (Phi) is 4.37. The number of hydrogen-bond donors (Lipinski definition) is 1. The van der Waals surface area contributed by atoms with Crippen molar-refractivity contribution in [1.29, 1.82) is 0 Å². The molecule has 8 heteroatoms. The van der Waals surface area contributed by atoms with Gasteiger partial charge in [0.1, 0.15) is 0 Å². The molecule has 2 rings (SSSR count). The second-order valence-corrected chi connectivity index (χ2v) is 6.41. The Hall–Kier alpha value is -1.82. The summed E-state index contributed by atoms with van der Waals surface area (Å²) in [6, 6.07) is 6.45. The average Bonchev–Trinajstić information content (AvgIpc) is 2.72. The van der Waals surface area contributed by atoms with Gasteiger partial charge in [-0.15, -0.1) is 0 Å². The molecule has 0 fully saturated rings. The van der Waals surface area contributed by atoms with Gasteiger partial charge in [-0.05, 0) is 18.6 Å². The zero-order valence-electron chi connectivity index (χ0n) is 11.3. The van der Waals surface area contributed by atoms with Crippen molar-refractivity contribution in [3.63, 3.8) is 0 Å². The third-order valence-corrected chi connectivity index (χ3v) is 4.56. The maximum absolute atomic E-state index is 12.0. The fourth-order valence-corrected chi connectivity index (χ4v) is 2.72. The van der Waals surface area contributed by atoms with E-state index in [2.05, 4.69) is 4.52 Å². The van der Waals surface area contributed by atoms with E-state index in [-0.39, 0.29) is 19.4 Å². The SMILES string of the molecule is COP(=O)(O)C(=O)CCCN1C(=O)c2ccccc2C1=O. The fourth-order valence-electron chi connectivity index (χ4n) is 2.07. The summed E-state index contributed by atoms with van der Waals surface area (Å²) >= 11 is 0. The Morgan fingerprint density at radius 2 is 1.76 bits per heavy atom. The Labute approximate surface area is 121 Å². The summed E-state index contributed by atoms with van der Waals surface area (Å²) in [5, 5.41) is 0. The number of hydrogen-bond acceptors (Lipinski definition) is 5. The van der Waals surface area contributed by atoms with Crippen LogP contribution in [-0.2, 0) is 13.9 Å². The van der Waals surface area contributed by atoms with Crippen LogP contribution in [-0.4, -0.2) is 40.8 Å². The van der Waals surface area contributed by atoms with E-state index in [1.165, 1.54) is 0 Å². The predicted molar refractivity (Wildman–Crippen MR) is 72.9 cm³/mol. The molecule has 0 saturated carbocycles. The lowest BCUT2D eigenvalue weighted by Gasteiger charge is -2.13. The van der Waals surface area contributed by atoms with Crippen LogP contribution in [0.2, 0.25) is 0 Å². The highest BCUT2D eigenvalue weighted by Crippen LogP contribution is 2.43. The maximum atomic E-state index is 12.0. The standard InChI is InChI=1S/C13H14NO6P/c1-20-21(18,19)11(15)7-4-8-14-12(16)9-5-2-3-6-10(9)13(14)17/h2-3,5-6H,4,7-8H2,1H3,(H,18,19). The number of benzene rings is 1. The summed E-state index contributed by atoms with van der Waals surface area (Å²) in [4.78, 5) is 45.7. The smallest absolute Gasteiger partial charge is 0.319 e. The monoisotopic (exact) mass is 311 g/mol. The van der Waals surface area contributed by atoms with Gasteiger partial charge in [0.15, 0.2) is 0 Å². The van der Waals surface area contributed by atoms with Crippen LogP contribution in [0.4, 0.5) is 0 Å². The number of imide groups is 1. The summed E-state index contributed by atoms with van der Waals surface area (Å²) in [5.74, 6) is -0.830. The molecule has 0 aliphatic carbocycles. The summed E-state index contributed by atoms with van der Waals surface area (Å²) in [6.07, 6.45) is -0.132. The Bertz CT molecular complexity index is 621. The van der Waals surface area contributed by atoms with Crippen LogP contribution >= 0.6 is 7.60 Å². The van der Waals surface area contributed by atoms with E-state index in [0.717, 1.165) is 12.0 Å². The highest BCUT2D eigenvalue weighted by Gasteiger charge is 2.35. The predicted octanol–water partition coefficient (Wildman–Crippen LogP) is 1.42. The minimum Gasteiger partial charge on any atom is -0.319 e. The van der Waals surface area contributed by atoms with Crippen molar-refractivity contribution in [3.8, 4) is 0 Å². The minimum atomic E-state index is -4.24. The van der Waals surface area contributed by atoms with Gasteiger partial charge in [-0.3, -0.25) is 23.8 Å². The fraction of sp³-hybridized carbons (Fsp3) is 0.308. The molecular formula is C13H14NO6P. The van der Waals surface area contributed by atoms with E-state index in [1.807, 2.05) is 0 Å². The van der Waals surface area contributed by atoms with Gasteiger partial charge in [0, 0.05) is 20.1 Å². The summed E-state index contributed by atoms with van der Waals surface area (Å²) in [5.41, 5.74) is -0.265. The summed E-state index contributed by atoms with van der Waals surface area (Å²) < 4.78 is 15.5. The molecule has 1 aliphatic rings. The van der Waals surface area contributed by atoms with Gasteiger partial charge in [-0.1, -0.05) is 12.1 Å². The van der Waals surface area contributed by atoms with Crippen LogP contribution in [0.3, 0.4) is 0 Å². The van der Waals surface area contributed by atoms with Gasteiger partial charge in [-0.2, -0.15) is 0 Å². The maximum Gasteiger partial charge on any atom is 0.393 e. The van der Waals surface area contributed by atoms with Gasteiger partial charge >= 0.3 is 7.60 Å². The number of amides is 2. The van der Waals surface area contributed by atoms with E-state index in [4.69, 9.17) is 4.89 Å². The van der Waals surface area contributed by atoms with Gasteiger partial charge in [0.25, 0.3) is 11.8 Å². The van der Waals surface area contributed by atoms with Crippen molar-refractivity contribution < 1.29 is 28.4 Å². The first-order valence-corrected chi connectivity index (χ1v) is 7.83. The summed E-state index contributed by atoms with van der Waals surface area (Å²) in [7, 11) is -3.27. The van der Waals surface area contributed by atoms with Crippen molar-refractivity contribution in [3.05, 3.63) is 35.4 Å². The van der Waals surface area contributed by atoms with Crippen molar-refractivity contribution in [2.45, 2.75) is 12.8 Å². The van der Waals surface area contributed by atoms with Gasteiger partial charge in [0.05, 0.1) is 11.1 Å². The first-order valence-electron chi connectivity index (χ1n) is 6.25. The number of carbonyl (C=O) groups excluding carboxylic acids is 3. The summed E-state index contributed by atoms with van der Waals surface area (Å²) in [6.45, 7) is 0.0157. The largest absolute Gasteiger partial charge is 0.393 e. The highest BCUT2D eigenvalue weighted by atomic mass is 31.2. The molecule has 112 valence electrons. The van der Waals surface area contributed by atoms with Crippen molar-refractivity contribution in [1.82, 2.24) is 4.90 Å². The Balaban J connectivity index is 1.98. The molecule has 0 saturated heterocycles.